The summed E-state index contributed by atoms with van der Waals surface area (Å²) in [7, 11) is 1.47. The zero-order chi connectivity index (χ0) is 26.4. The highest BCUT2D eigenvalue weighted by Crippen LogP contribution is 2.37. The fraction of sp³-hybridized carbons (Fsp3) is 0.148. The molecule has 3 amide bonds. The van der Waals surface area contributed by atoms with Gasteiger partial charge >= 0.3 is 0 Å². The number of rotatable bonds is 9. The molecule has 1 aliphatic heterocycles. The minimum Gasteiger partial charge on any atom is -0.493 e. The van der Waals surface area contributed by atoms with E-state index < -0.39 is 11.1 Å². The van der Waals surface area contributed by atoms with Crippen LogP contribution in [-0.2, 0) is 9.59 Å². The zero-order valence-electron chi connectivity index (χ0n) is 20.0. The Morgan fingerprint density at radius 2 is 1.76 bits per heavy atom. The normalized spacial score (nSPS) is 14.1. The minimum absolute atomic E-state index is 0.254. The monoisotopic (exact) mass is 538 g/mol. The van der Waals surface area contributed by atoms with Gasteiger partial charge in [0.05, 0.1) is 30.0 Å². The van der Waals surface area contributed by atoms with Gasteiger partial charge in [0.15, 0.2) is 18.1 Å². The number of benzene rings is 3. The first-order chi connectivity index (χ1) is 17.9. The third-order valence-corrected chi connectivity index (χ3v) is 6.31. The Morgan fingerprint density at radius 1 is 1.00 bits per heavy atom. The highest BCUT2D eigenvalue weighted by molar-refractivity contribution is 8.19. The number of hydrogen-bond donors (Lipinski definition) is 1. The maximum Gasteiger partial charge on any atom is 0.298 e. The van der Waals surface area contributed by atoms with Crippen molar-refractivity contribution in [3.63, 3.8) is 0 Å². The number of imide groups is 1. The molecule has 3 aromatic rings. The number of para-hydroxylation sites is 2. The topological polar surface area (TPSA) is 94.2 Å². The molecule has 37 heavy (non-hydrogen) atoms. The number of ether oxygens (including phenoxy) is 3. The summed E-state index contributed by atoms with van der Waals surface area (Å²) >= 11 is 6.75. The van der Waals surface area contributed by atoms with Crippen molar-refractivity contribution in [2.75, 3.05) is 30.5 Å². The van der Waals surface area contributed by atoms with Crippen LogP contribution in [0.5, 0.6) is 17.2 Å². The number of hydrogen-bond acceptors (Lipinski definition) is 7. The van der Waals surface area contributed by atoms with Gasteiger partial charge in [-0.2, -0.15) is 0 Å². The molecule has 190 valence electrons. The van der Waals surface area contributed by atoms with E-state index in [2.05, 4.69) is 5.32 Å². The summed E-state index contributed by atoms with van der Waals surface area (Å²) in [6.07, 6.45) is 1.60. The Labute approximate surface area is 223 Å². The van der Waals surface area contributed by atoms with E-state index in [9.17, 15) is 14.4 Å². The second-order valence-electron chi connectivity index (χ2n) is 7.67. The van der Waals surface area contributed by atoms with Crippen molar-refractivity contribution < 1.29 is 28.6 Å². The van der Waals surface area contributed by atoms with Crippen molar-refractivity contribution in [3.8, 4) is 17.2 Å². The maximum absolute atomic E-state index is 12.9. The van der Waals surface area contributed by atoms with Crippen LogP contribution < -0.4 is 24.4 Å². The Kier molecular flexibility index (Phi) is 8.37. The quantitative estimate of drug-likeness (QED) is 0.334. The maximum atomic E-state index is 12.9. The fourth-order valence-corrected chi connectivity index (χ4v) is 4.47. The summed E-state index contributed by atoms with van der Waals surface area (Å²) in [5.41, 5.74) is 1.62. The molecule has 0 radical (unpaired) electrons. The van der Waals surface area contributed by atoms with Gasteiger partial charge in [0.25, 0.3) is 17.1 Å². The average molecular weight is 539 g/mol. The molecule has 3 aromatic carbocycles. The highest BCUT2D eigenvalue weighted by atomic mass is 35.5. The molecule has 4 rings (SSSR count). The summed E-state index contributed by atoms with van der Waals surface area (Å²) < 4.78 is 16.6. The summed E-state index contributed by atoms with van der Waals surface area (Å²) in [5, 5.41) is 2.88. The lowest BCUT2D eigenvalue weighted by Crippen LogP contribution is -2.27. The molecule has 0 bridgehead atoms. The minimum atomic E-state index is -0.430. The van der Waals surface area contributed by atoms with E-state index in [0.29, 0.717) is 45.8 Å². The fourth-order valence-electron chi connectivity index (χ4n) is 3.51. The first kappa shape index (κ1) is 26.1. The van der Waals surface area contributed by atoms with Crippen LogP contribution in [0.15, 0.2) is 71.6 Å². The number of carbonyl (C=O) groups excluding carboxylic acids is 3. The van der Waals surface area contributed by atoms with Crippen LogP contribution in [0.2, 0.25) is 5.02 Å². The van der Waals surface area contributed by atoms with Crippen molar-refractivity contribution in [3.05, 3.63) is 82.2 Å². The molecule has 1 saturated heterocycles. The van der Waals surface area contributed by atoms with Gasteiger partial charge in [-0.05, 0) is 78.9 Å². The van der Waals surface area contributed by atoms with E-state index in [-0.39, 0.29) is 17.4 Å². The van der Waals surface area contributed by atoms with Gasteiger partial charge in [0.2, 0.25) is 0 Å². The smallest absolute Gasteiger partial charge is 0.298 e. The number of nitrogens with one attached hydrogen (secondary N) is 1. The lowest BCUT2D eigenvalue weighted by molar-refractivity contribution is -0.118. The SMILES string of the molecule is CCOc1ccccc1NC(=O)COc1ccc(/C=C2\SC(=O)N(c3ccc(Cl)cc3)C2=O)cc1OC. The van der Waals surface area contributed by atoms with Crippen LogP contribution in [0.3, 0.4) is 0 Å². The van der Waals surface area contributed by atoms with Gasteiger partial charge in [0, 0.05) is 5.02 Å². The first-order valence-corrected chi connectivity index (χ1v) is 12.4. The van der Waals surface area contributed by atoms with Crippen molar-refractivity contribution in [1.82, 2.24) is 0 Å². The highest BCUT2D eigenvalue weighted by Gasteiger charge is 2.36. The van der Waals surface area contributed by atoms with E-state index in [4.69, 9.17) is 25.8 Å². The lowest BCUT2D eigenvalue weighted by atomic mass is 10.2. The molecule has 1 N–H and O–H groups in total. The van der Waals surface area contributed by atoms with Crippen LogP contribution in [0.4, 0.5) is 16.2 Å². The van der Waals surface area contributed by atoms with E-state index in [0.717, 1.165) is 16.7 Å². The standard InChI is InChI=1S/C27H23ClN2O6S/c1-3-35-21-7-5-4-6-20(21)29-25(31)16-36-22-13-8-17(14-23(22)34-2)15-24-26(32)30(27(33)37-24)19-11-9-18(28)10-12-19/h4-15H,3,16H2,1-2H3,(H,29,31)/b24-15-. The number of amides is 3. The molecule has 0 spiro atoms. The molecule has 0 aliphatic carbocycles. The van der Waals surface area contributed by atoms with Gasteiger partial charge in [0.1, 0.15) is 5.75 Å². The number of anilines is 2. The summed E-state index contributed by atoms with van der Waals surface area (Å²) in [6, 6.07) is 18.6. The molecule has 0 atom stereocenters. The van der Waals surface area contributed by atoms with Gasteiger partial charge in [-0.15, -0.1) is 0 Å². The van der Waals surface area contributed by atoms with E-state index in [1.54, 1.807) is 66.7 Å². The zero-order valence-corrected chi connectivity index (χ0v) is 21.6. The van der Waals surface area contributed by atoms with Crippen LogP contribution in [0.25, 0.3) is 6.08 Å². The number of methoxy groups -OCH3 is 1. The second kappa shape index (κ2) is 11.9. The summed E-state index contributed by atoms with van der Waals surface area (Å²) in [6.45, 7) is 2.08. The van der Waals surface area contributed by atoms with Gasteiger partial charge < -0.3 is 19.5 Å². The number of thioether (sulfide) groups is 1. The van der Waals surface area contributed by atoms with Gasteiger partial charge in [-0.3, -0.25) is 14.4 Å². The summed E-state index contributed by atoms with van der Waals surface area (Å²) in [4.78, 5) is 39.2. The van der Waals surface area contributed by atoms with E-state index in [1.165, 1.54) is 7.11 Å². The number of nitrogens with zero attached hydrogens (tertiary/aromatic N) is 1. The average Bonchev–Trinajstić information content (AvgIpc) is 3.17. The number of halogens is 1. The molecule has 1 fully saturated rings. The van der Waals surface area contributed by atoms with Crippen molar-refractivity contribution in [2.45, 2.75) is 6.92 Å². The molecule has 1 aliphatic rings. The molecule has 10 heteroatoms. The van der Waals surface area contributed by atoms with Crippen LogP contribution >= 0.6 is 23.4 Å². The first-order valence-electron chi connectivity index (χ1n) is 11.3. The largest absolute Gasteiger partial charge is 0.493 e. The van der Waals surface area contributed by atoms with Gasteiger partial charge in [-0.25, -0.2) is 4.90 Å². The molecule has 0 aromatic heterocycles. The molecule has 1 heterocycles. The van der Waals surface area contributed by atoms with Crippen LogP contribution in [0, 0.1) is 0 Å². The predicted molar refractivity (Wildman–Crippen MR) is 145 cm³/mol. The number of carbonyl (C=O) groups is 3. The Hall–Kier alpha value is -3.95. The molecule has 8 nitrogen and oxygen atoms in total. The lowest BCUT2D eigenvalue weighted by Gasteiger charge is -2.13. The molecular formula is C27H23ClN2O6S. The van der Waals surface area contributed by atoms with Crippen molar-refractivity contribution in [1.29, 1.82) is 0 Å². The molecular weight excluding hydrogens is 516 g/mol. The van der Waals surface area contributed by atoms with Crippen LogP contribution in [-0.4, -0.2) is 37.4 Å². The van der Waals surface area contributed by atoms with Crippen molar-refractivity contribution >= 4 is 57.9 Å². The summed E-state index contributed by atoms with van der Waals surface area (Å²) in [5.74, 6) is 0.492. The third-order valence-electron chi connectivity index (χ3n) is 5.18. The molecule has 0 saturated carbocycles. The second-order valence-corrected chi connectivity index (χ2v) is 9.10. The Bertz CT molecular complexity index is 1360. The Morgan fingerprint density at radius 3 is 2.49 bits per heavy atom. The van der Waals surface area contributed by atoms with E-state index in [1.807, 2.05) is 13.0 Å². The van der Waals surface area contributed by atoms with Crippen LogP contribution in [0.1, 0.15) is 12.5 Å². The van der Waals surface area contributed by atoms with Crippen molar-refractivity contribution in [2.24, 2.45) is 0 Å². The van der Waals surface area contributed by atoms with E-state index >= 15 is 0 Å². The predicted octanol–water partition coefficient (Wildman–Crippen LogP) is 6.01. The molecule has 0 unspecified atom stereocenters. The van der Waals surface area contributed by atoms with Gasteiger partial charge in [-0.1, -0.05) is 29.8 Å². The Balaban J connectivity index is 1.44. The third kappa shape index (κ3) is 6.25.